The standard InChI is InChI=1S/C16H24N2O3/c1-12-5-7-18(8-6-12)10-14(19)11-21-15-4-2-3-13(9-15)16(17)20/h2-4,9,12,14,19H,5-8,10-11H2,1H3,(H2,17,20)/t14-/m0/s1. The molecule has 2 rings (SSSR count). The third-order valence-electron chi connectivity index (χ3n) is 3.91. The van der Waals surface area contributed by atoms with Gasteiger partial charge in [0.15, 0.2) is 0 Å². The van der Waals surface area contributed by atoms with E-state index in [2.05, 4.69) is 11.8 Å². The highest BCUT2D eigenvalue weighted by Gasteiger charge is 2.18. The van der Waals surface area contributed by atoms with Crippen molar-refractivity contribution in [1.82, 2.24) is 4.90 Å². The second-order valence-electron chi connectivity index (χ2n) is 5.84. The number of rotatable bonds is 6. The number of ether oxygens (including phenoxy) is 1. The second-order valence-corrected chi connectivity index (χ2v) is 5.84. The quantitative estimate of drug-likeness (QED) is 0.827. The van der Waals surface area contributed by atoms with Crippen molar-refractivity contribution in [3.63, 3.8) is 0 Å². The van der Waals surface area contributed by atoms with Crippen LogP contribution in [0.5, 0.6) is 5.75 Å². The lowest BCUT2D eigenvalue weighted by Crippen LogP contribution is -2.40. The maximum Gasteiger partial charge on any atom is 0.248 e. The summed E-state index contributed by atoms with van der Waals surface area (Å²) < 4.78 is 5.54. The highest BCUT2D eigenvalue weighted by Crippen LogP contribution is 2.17. The van der Waals surface area contributed by atoms with Gasteiger partial charge < -0.3 is 20.5 Å². The van der Waals surface area contributed by atoms with Crippen LogP contribution in [0.1, 0.15) is 30.1 Å². The molecule has 1 fully saturated rings. The van der Waals surface area contributed by atoms with Crippen LogP contribution < -0.4 is 10.5 Å². The highest BCUT2D eigenvalue weighted by atomic mass is 16.5. The number of aliphatic hydroxyl groups is 1. The van der Waals surface area contributed by atoms with Crippen LogP contribution in [-0.2, 0) is 0 Å². The van der Waals surface area contributed by atoms with Crippen molar-refractivity contribution in [1.29, 1.82) is 0 Å². The third-order valence-corrected chi connectivity index (χ3v) is 3.91. The fourth-order valence-corrected chi connectivity index (χ4v) is 2.53. The Morgan fingerprint density at radius 3 is 2.86 bits per heavy atom. The fourth-order valence-electron chi connectivity index (χ4n) is 2.53. The molecule has 0 saturated carbocycles. The molecule has 1 saturated heterocycles. The van der Waals surface area contributed by atoms with Crippen LogP contribution in [0.4, 0.5) is 0 Å². The first kappa shape index (κ1) is 15.8. The Kier molecular flexibility index (Phi) is 5.59. The number of amides is 1. The molecular weight excluding hydrogens is 268 g/mol. The lowest BCUT2D eigenvalue weighted by Gasteiger charge is -2.31. The summed E-state index contributed by atoms with van der Waals surface area (Å²) in [5.41, 5.74) is 5.63. The molecular formula is C16H24N2O3. The molecule has 0 aromatic heterocycles. The molecule has 116 valence electrons. The van der Waals surface area contributed by atoms with Gasteiger partial charge in [0, 0.05) is 12.1 Å². The van der Waals surface area contributed by atoms with E-state index in [0.29, 0.717) is 17.9 Å². The Morgan fingerprint density at radius 1 is 1.48 bits per heavy atom. The van der Waals surface area contributed by atoms with Crippen molar-refractivity contribution < 1.29 is 14.6 Å². The fraction of sp³-hybridized carbons (Fsp3) is 0.562. The molecule has 0 spiro atoms. The minimum absolute atomic E-state index is 0.217. The van der Waals surface area contributed by atoms with Gasteiger partial charge in [0.2, 0.25) is 5.91 Å². The number of nitrogens with zero attached hydrogens (tertiary/aromatic N) is 1. The number of piperidine rings is 1. The summed E-state index contributed by atoms with van der Waals surface area (Å²) in [7, 11) is 0. The Bertz CT molecular complexity index is 470. The van der Waals surface area contributed by atoms with Crippen LogP contribution in [0.3, 0.4) is 0 Å². The van der Waals surface area contributed by atoms with E-state index >= 15 is 0 Å². The first-order chi connectivity index (χ1) is 10.0. The number of benzene rings is 1. The van der Waals surface area contributed by atoms with Crippen LogP contribution in [0.15, 0.2) is 24.3 Å². The minimum atomic E-state index is -0.532. The van der Waals surface area contributed by atoms with Gasteiger partial charge in [-0.05, 0) is 50.0 Å². The Balaban J connectivity index is 1.77. The van der Waals surface area contributed by atoms with Gasteiger partial charge in [-0.25, -0.2) is 0 Å². The number of hydrogen-bond donors (Lipinski definition) is 2. The predicted molar refractivity (Wildman–Crippen MR) is 81.3 cm³/mol. The zero-order valence-electron chi connectivity index (χ0n) is 12.5. The summed E-state index contributed by atoms with van der Waals surface area (Å²) >= 11 is 0. The summed E-state index contributed by atoms with van der Waals surface area (Å²) in [6, 6.07) is 6.70. The van der Waals surface area contributed by atoms with E-state index in [9.17, 15) is 9.90 Å². The van der Waals surface area contributed by atoms with E-state index in [0.717, 1.165) is 19.0 Å². The van der Waals surface area contributed by atoms with Gasteiger partial charge in [-0.3, -0.25) is 4.79 Å². The smallest absolute Gasteiger partial charge is 0.248 e. The molecule has 5 heteroatoms. The predicted octanol–water partition coefficient (Wildman–Crippen LogP) is 1.26. The van der Waals surface area contributed by atoms with Crippen molar-refractivity contribution in [3.8, 4) is 5.75 Å². The summed E-state index contributed by atoms with van der Waals surface area (Å²) in [6.45, 7) is 5.18. The van der Waals surface area contributed by atoms with E-state index in [4.69, 9.17) is 10.5 Å². The SMILES string of the molecule is CC1CCN(C[C@H](O)COc2cccc(C(N)=O)c2)CC1. The van der Waals surface area contributed by atoms with Gasteiger partial charge in [-0.1, -0.05) is 13.0 Å². The van der Waals surface area contributed by atoms with Gasteiger partial charge in [0.05, 0.1) is 0 Å². The molecule has 1 atom stereocenters. The molecule has 0 aliphatic carbocycles. The van der Waals surface area contributed by atoms with E-state index in [1.165, 1.54) is 12.8 Å². The number of nitrogens with two attached hydrogens (primary N) is 1. The topological polar surface area (TPSA) is 75.8 Å². The molecule has 1 amide bonds. The number of hydrogen-bond acceptors (Lipinski definition) is 4. The van der Waals surface area contributed by atoms with Crippen molar-refractivity contribution in [2.24, 2.45) is 11.7 Å². The van der Waals surface area contributed by atoms with Gasteiger partial charge in [0.1, 0.15) is 18.5 Å². The Morgan fingerprint density at radius 2 is 2.19 bits per heavy atom. The molecule has 21 heavy (non-hydrogen) atoms. The molecule has 1 heterocycles. The average Bonchev–Trinajstić information content (AvgIpc) is 2.48. The van der Waals surface area contributed by atoms with Gasteiger partial charge in [0.25, 0.3) is 0 Å². The van der Waals surface area contributed by atoms with Crippen molar-refractivity contribution in [2.75, 3.05) is 26.2 Å². The summed E-state index contributed by atoms with van der Waals surface area (Å²) in [5, 5.41) is 10.0. The Hall–Kier alpha value is -1.59. The van der Waals surface area contributed by atoms with Crippen molar-refractivity contribution in [3.05, 3.63) is 29.8 Å². The third kappa shape index (κ3) is 5.02. The van der Waals surface area contributed by atoms with Crippen LogP contribution in [-0.4, -0.2) is 48.3 Å². The number of likely N-dealkylation sites (tertiary alicyclic amines) is 1. The largest absolute Gasteiger partial charge is 0.491 e. The number of carbonyl (C=O) groups excluding carboxylic acids is 1. The van der Waals surface area contributed by atoms with Crippen LogP contribution in [0.2, 0.25) is 0 Å². The monoisotopic (exact) mass is 292 g/mol. The number of carbonyl (C=O) groups is 1. The van der Waals surface area contributed by atoms with Crippen LogP contribution in [0.25, 0.3) is 0 Å². The molecule has 0 bridgehead atoms. The Labute approximate surface area is 125 Å². The summed E-state index contributed by atoms with van der Waals surface area (Å²) in [4.78, 5) is 13.4. The molecule has 0 unspecified atom stereocenters. The maximum atomic E-state index is 11.1. The van der Waals surface area contributed by atoms with Crippen molar-refractivity contribution >= 4 is 5.91 Å². The molecule has 1 aromatic carbocycles. The lowest BCUT2D eigenvalue weighted by molar-refractivity contribution is 0.0563. The van der Waals surface area contributed by atoms with Crippen molar-refractivity contribution in [2.45, 2.75) is 25.9 Å². The molecule has 0 radical (unpaired) electrons. The van der Waals surface area contributed by atoms with Crippen LogP contribution in [0, 0.1) is 5.92 Å². The van der Waals surface area contributed by atoms with Gasteiger partial charge in [-0.2, -0.15) is 0 Å². The molecule has 1 aliphatic heterocycles. The zero-order valence-corrected chi connectivity index (χ0v) is 12.5. The average molecular weight is 292 g/mol. The first-order valence-corrected chi connectivity index (χ1v) is 7.47. The lowest BCUT2D eigenvalue weighted by atomic mass is 9.99. The van der Waals surface area contributed by atoms with Crippen LogP contribution >= 0.6 is 0 Å². The van der Waals surface area contributed by atoms with E-state index < -0.39 is 12.0 Å². The summed E-state index contributed by atoms with van der Waals surface area (Å²) in [6.07, 6.45) is 1.85. The maximum absolute atomic E-state index is 11.1. The number of aliphatic hydroxyl groups excluding tert-OH is 1. The van der Waals surface area contributed by atoms with Gasteiger partial charge >= 0.3 is 0 Å². The minimum Gasteiger partial charge on any atom is -0.491 e. The number of β-amino-alcohol motifs (C(OH)–C–C–N with tert-alkyl or cyclic N) is 1. The van der Waals surface area contributed by atoms with E-state index in [-0.39, 0.29) is 6.61 Å². The number of primary amides is 1. The van der Waals surface area contributed by atoms with E-state index in [1.54, 1.807) is 24.3 Å². The zero-order chi connectivity index (χ0) is 15.2. The first-order valence-electron chi connectivity index (χ1n) is 7.47. The molecule has 1 aromatic rings. The summed E-state index contributed by atoms with van der Waals surface area (Å²) in [5.74, 6) is 0.854. The second kappa shape index (κ2) is 7.43. The van der Waals surface area contributed by atoms with E-state index in [1.807, 2.05) is 0 Å². The molecule has 5 nitrogen and oxygen atoms in total. The normalized spacial score (nSPS) is 18.4. The van der Waals surface area contributed by atoms with Gasteiger partial charge in [-0.15, -0.1) is 0 Å². The highest BCUT2D eigenvalue weighted by molar-refractivity contribution is 5.93. The molecule has 1 aliphatic rings. The molecule has 3 N–H and O–H groups in total.